The average molecular weight is 385 g/mol. The molecular weight excluding hydrogens is 372 g/mol. The molecule has 0 heterocycles. The predicted molar refractivity (Wildman–Crippen MR) is 107 cm³/mol. The van der Waals surface area contributed by atoms with Crippen molar-refractivity contribution in [2.45, 2.75) is 5.41 Å². The molecule has 0 fully saturated rings. The van der Waals surface area contributed by atoms with Crippen molar-refractivity contribution in [1.82, 2.24) is 0 Å². The van der Waals surface area contributed by atoms with Gasteiger partial charge in [-0.1, -0.05) is 60.1 Å². The fraction of sp³-hybridized carbons (Fsp3) is 0.0417. The number of hydrogen-bond donors (Lipinski definition) is 0. The van der Waals surface area contributed by atoms with E-state index in [9.17, 15) is 14.4 Å². The van der Waals surface area contributed by atoms with Crippen LogP contribution in [0.2, 0.25) is 5.02 Å². The van der Waals surface area contributed by atoms with Crippen molar-refractivity contribution in [2.24, 2.45) is 0 Å². The van der Waals surface area contributed by atoms with Crippen LogP contribution in [0, 0.1) is 0 Å². The summed E-state index contributed by atoms with van der Waals surface area (Å²) >= 11 is 5.94. The Morgan fingerprint density at radius 2 is 1.32 bits per heavy atom. The first kappa shape index (κ1) is 16.8. The Balaban J connectivity index is 1.77. The zero-order chi connectivity index (χ0) is 19.5. The molecule has 0 bridgehead atoms. The molecule has 0 atom stereocenters. The zero-order valence-electron chi connectivity index (χ0n) is 14.6. The summed E-state index contributed by atoms with van der Waals surface area (Å²) in [5.41, 5.74) is 0.976. The van der Waals surface area contributed by atoms with E-state index in [-0.39, 0.29) is 22.9 Å². The van der Waals surface area contributed by atoms with Crippen LogP contribution in [0.4, 0.5) is 0 Å². The maximum atomic E-state index is 13.6. The van der Waals surface area contributed by atoms with Gasteiger partial charge in [0.1, 0.15) is 0 Å². The van der Waals surface area contributed by atoms with Gasteiger partial charge in [0.2, 0.25) is 0 Å². The van der Waals surface area contributed by atoms with Crippen LogP contribution >= 0.6 is 11.6 Å². The van der Waals surface area contributed by atoms with Crippen LogP contribution < -0.4 is 0 Å². The SMILES string of the molecule is O=C(C1=Cc2ccccc2C12C(=O)c1ccccc1C2=O)c1ccc(Cl)cc1. The molecule has 5 rings (SSSR count). The largest absolute Gasteiger partial charge is 0.292 e. The minimum atomic E-state index is -1.61. The van der Waals surface area contributed by atoms with E-state index in [0.29, 0.717) is 32.8 Å². The molecule has 0 saturated heterocycles. The number of ketones is 3. The summed E-state index contributed by atoms with van der Waals surface area (Å²) in [5, 5.41) is 0.510. The molecule has 4 heteroatoms. The van der Waals surface area contributed by atoms with Gasteiger partial charge in [0.05, 0.1) is 0 Å². The quantitative estimate of drug-likeness (QED) is 0.464. The van der Waals surface area contributed by atoms with Gasteiger partial charge in [0.25, 0.3) is 0 Å². The maximum absolute atomic E-state index is 13.6. The summed E-state index contributed by atoms with van der Waals surface area (Å²) in [4.78, 5) is 40.5. The Morgan fingerprint density at radius 3 is 1.96 bits per heavy atom. The molecule has 0 aromatic heterocycles. The highest BCUT2D eigenvalue weighted by Gasteiger charge is 2.60. The van der Waals surface area contributed by atoms with E-state index in [1.165, 1.54) is 0 Å². The van der Waals surface area contributed by atoms with Crippen molar-refractivity contribution in [3.8, 4) is 0 Å². The van der Waals surface area contributed by atoms with Crippen molar-refractivity contribution >= 4 is 35.0 Å². The van der Waals surface area contributed by atoms with Crippen LogP contribution in [0.1, 0.15) is 42.2 Å². The van der Waals surface area contributed by atoms with Crippen molar-refractivity contribution in [3.63, 3.8) is 0 Å². The van der Waals surface area contributed by atoms with E-state index in [4.69, 9.17) is 11.6 Å². The van der Waals surface area contributed by atoms with Crippen LogP contribution in [0.25, 0.3) is 6.08 Å². The van der Waals surface area contributed by atoms with Gasteiger partial charge in [0, 0.05) is 27.3 Å². The number of rotatable bonds is 2. The number of benzene rings is 3. The summed E-state index contributed by atoms with van der Waals surface area (Å²) in [6, 6.07) is 20.4. The second kappa shape index (κ2) is 5.85. The maximum Gasteiger partial charge on any atom is 0.190 e. The third-order valence-electron chi connectivity index (χ3n) is 5.52. The highest BCUT2D eigenvalue weighted by molar-refractivity contribution is 6.41. The van der Waals surface area contributed by atoms with Crippen molar-refractivity contribution in [2.75, 3.05) is 0 Å². The second-order valence-corrected chi connectivity index (χ2v) is 7.37. The van der Waals surface area contributed by atoms with Crippen LogP contribution in [0.15, 0.2) is 78.4 Å². The molecule has 2 aliphatic rings. The number of fused-ring (bicyclic) bond motifs is 3. The molecule has 3 nitrogen and oxygen atoms in total. The van der Waals surface area contributed by atoms with Gasteiger partial charge in [-0.25, -0.2) is 0 Å². The molecule has 0 amide bonds. The lowest BCUT2D eigenvalue weighted by atomic mass is 9.71. The normalized spacial score (nSPS) is 16.1. The van der Waals surface area contributed by atoms with E-state index in [0.717, 1.165) is 0 Å². The third-order valence-corrected chi connectivity index (χ3v) is 5.77. The van der Waals surface area contributed by atoms with Gasteiger partial charge in [-0.3, -0.25) is 14.4 Å². The van der Waals surface area contributed by atoms with E-state index >= 15 is 0 Å². The second-order valence-electron chi connectivity index (χ2n) is 6.94. The summed E-state index contributed by atoms with van der Waals surface area (Å²) in [6.07, 6.45) is 1.67. The number of carbonyl (C=O) groups excluding carboxylic acids is 3. The molecule has 134 valence electrons. The molecule has 0 saturated carbocycles. The molecule has 0 aliphatic heterocycles. The Hall–Kier alpha value is -3.30. The Morgan fingerprint density at radius 1 is 0.750 bits per heavy atom. The number of Topliss-reactive ketones (excluding diaryl/α,β-unsaturated/α-hetero) is 3. The average Bonchev–Trinajstić information content (AvgIpc) is 3.18. The number of halogens is 1. The van der Waals surface area contributed by atoms with Crippen molar-refractivity contribution in [3.05, 3.63) is 111 Å². The summed E-state index contributed by atoms with van der Waals surface area (Å²) in [5.74, 6) is -1.03. The van der Waals surface area contributed by atoms with Gasteiger partial charge in [-0.05, 0) is 41.5 Å². The van der Waals surface area contributed by atoms with Crippen LogP contribution in [-0.4, -0.2) is 17.3 Å². The number of carbonyl (C=O) groups is 3. The lowest BCUT2D eigenvalue weighted by molar-refractivity contribution is 0.0804. The zero-order valence-corrected chi connectivity index (χ0v) is 15.4. The molecule has 28 heavy (non-hydrogen) atoms. The molecular formula is C24H13ClO3. The molecule has 1 spiro atoms. The molecule has 3 aromatic carbocycles. The summed E-state index contributed by atoms with van der Waals surface area (Å²) in [7, 11) is 0. The fourth-order valence-corrected chi connectivity index (χ4v) is 4.37. The first-order valence-corrected chi connectivity index (χ1v) is 9.23. The predicted octanol–water partition coefficient (Wildman–Crippen LogP) is 4.94. The van der Waals surface area contributed by atoms with Crippen LogP contribution in [0.3, 0.4) is 0 Å². The van der Waals surface area contributed by atoms with E-state index in [2.05, 4.69) is 0 Å². The van der Waals surface area contributed by atoms with E-state index < -0.39 is 5.41 Å². The summed E-state index contributed by atoms with van der Waals surface area (Å²) in [6.45, 7) is 0. The fourth-order valence-electron chi connectivity index (χ4n) is 4.24. The van der Waals surface area contributed by atoms with E-state index in [1.54, 1.807) is 66.7 Å². The Bertz CT molecular complexity index is 1180. The third kappa shape index (κ3) is 2.02. The molecule has 0 radical (unpaired) electrons. The highest BCUT2D eigenvalue weighted by atomic mass is 35.5. The Kier molecular flexibility index (Phi) is 3.52. The van der Waals surface area contributed by atoms with Crippen LogP contribution in [0.5, 0.6) is 0 Å². The topological polar surface area (TPSA) is 51.2 Å². The molecule has 2 aliphatic carbocycles. The first-order chi connectivity index (χ1) is 13.5. The molecule has 0 N–H and O–H groups in total. The Labute approximate surface area is 166 Å². The lowest BCUT2D eigenvalue weighted by Gasteiger charge is -2.25. The standard InChI is InChI=1S/C24H13ClO3/c25-16-11-9-14(10-12-16)21(26)20-13-15-5-1-4-8-19(15)24(20)22(27)17-6-2-3-7-18(17)23(24)28/h1-13H. The molecule has 0 unspecified atom stereocenters. The number of allylic oxidation sites excluding steroid dienone is 1. The highest BCUT2D eigenvalue weighted by Crippen LogP contribution is 2.51. The van der Waals surface area contributed by atoms with Crippen molar-refractivity contribution < 1.29 is 14.4 Å². The minimum Gasteiger partial charge on any atom is -0.292 e. The molecule has 3 aromatic rings. The van der Waals surface area contributed by atoms with Gasteiger partial charge in [0.15, 0.2) is 22.8 Å². The van der Waals surface area contributed by atoms with Crippen molar-refractivity contribution in [1.29, 1.82) is 0 Å². The lowest BCUT2D eigenvalue weighted by Crippen LogP contribution is -2.41. The van der Waals surface area contributed by atoms with Gasteiger partial charge in [-0.2, -0.15) is 0 Å². The number of hydrogen-bond acceptors (Lipinski definition) is 3. The monoisotopic (exact) mass is 384 g/mol. The minimum absolute atomic E-state index is 0.197. The van der Waals surface area contributed by atoms with Gasteiger partial charge in [-0.15, -0.1) is 0 Å². The van der Waals surface area contributed by atoms with E-state index in [1.807, 2.05) is 12.1 Å². The summed E-state index contributed by atoms with van der Waals surface area (Å²) < 4.78 is 0. The smallest absolute Gasteiger partial charge is 0.190 e. The van der Waals surface area contributed by atoms with Gasteiger partial charge < -0.3 is 0 Å². The van der Waals surface area contributed by atoms with Crippen LogP contribution in [-0.2, 0) is 5.41 Å². The van der Waals surface area contributed by atoms with Gasteiger partial charge >= 0.3 is 0 Å². The first-order valence-electron chi connectivity index (χ1n) is 8.85.